The van der Waals surface area contributed by atoms with Crippen LogP contribution in [-0.4, -0.2) is 38.4 Å². The lowest BCUT2D eigenvalue weighted by atomic mass is 9.83. The van der Waals surface area contributed by atoms with Crippen LogP contribution in [0.25, 0.3) is 22.2 Å². The van der Waals surface area contributed by atoms with Gasteiger partial charge in [-0.3, -0.25) is 9.48 Å². The van der Waals surface area contributed by atoms with Gasteiger partial charge < -0.3 is 20.3 Å². The Morgan fingerprint density at radius 3 is 2.76 bits per heavy atom. The molecule has 0 bridgehead atoms. The quantitative estimate of drug-likeness (QED) is 0.237. The van der Waals surface area contributed by atoms with Gasteiger partial charge in [-0.2, -0.15) is 5.10 Å². The number of carbonyl (C=O) groups is 1. The highest BCUT2D eigenvalue weighted by Gasteiger charge is 2.48. The van der Waals surface area contributed by atoms with E-state index in [0.29, 0.717) is 39.6 Å². The van der Waals surface area contributed by atoms with Crippen molar-refractivity contribution in [3.05, 3.63) is 70.3 Å². The van der Waals surface area contributed by atoms with Gasteiger partial charge in [0.1, 0.15) is 35.0 Å². The highest BCUT2D eigenvalue weighted by Crippen LogP contribution is 2.51. The van der Waals surface area contributed by atoms with Crippen molar-refractivity contribution in [2.24, 2.45) is 18.7 Å². The third-order valence-electron chi connectivity index (χ3n) is 8.56. The average molecular weight is 591 g/mol. The highest BCUT2D eigenvalue weighted by atomic mass is 35.5. The molecule has 2 aromatic heterocycles. The molecule has 2 fully saturated rings. The van der Waals surface area contributed by atoms with Crippen molar-refractivity contribution < 1.29 is 23.8 Å². The first kappa shape index (κ1) is 27.3. The lowest BCUT2D eigenvalue weighted by Crippen LogP contribution is -2.35. The number of nitrogens with two attached hydrogens (primary N) is 1. The van der Waals surface area contributed by atoms with E-state index in [1.165, 1.54) is 12.1 Å². The molecule has 0 saturated heterocycles. The molecule has 2 aromatic carbocycles. The Kier molecular flexibility index (Phi) is 6.34. The van der Waals surface area contributed by atoms with Crippen LogP contribution in [0.1, 0.15) is 67.1 Å². The number of aryl methyl sites for hydroxylation is 1. The Balaban J connectivity index is 1.24. The van der Waals surface area contributed by atoms with Crippen molar-refractivity contribution in [3.63, 3.8) is 0 Å². The van der Waals surface area contributed by atoms with Gasteiger partial charge >= 0.3 is 0 Å². The number of carbonyl (C=O) groups excluding carboxylic acids is 1. The number of aliphatic hydroxyl groups is 1. The summed E-state index contributed by atoms with van der Waals surface area (Å²) in [6.07, 6.45) is 5.94. The number of benzene rings is 2. The van der Waals surface area contributed by atoms with Crippen molar-refractivity contribution in [2.75, 3.05) is 6.61 Å². The maximum atomic E-state index is 14.0. The van der Waals surface area contributed by atoms with Gasteiger partial charge in [-0.15, -0.1) is 0 Å². The summed E-state index contributed by atoms with van der Waals surface area (Å²) in [5.41, 5.74) is 7.80. The molecular weight excluding hydrogens is 559 g/mol. The number of ether oxygens (including phenoxy) is 2. The van der Waals surface area contributed by atoms with Crippen LogP contribution in [0.15, 0.2) is 42.6 Å². The summed E-state index contributed by atoms with van der Waals surface area (Å²) in [7, 11) is 1.84. The van der Waals surface area contributed by atoms with Crippen molar-refractivity contribution in [2.45, 2.75) is 62.7 Å². The molecule has 1 aliphatic heterocycles. The van der Waals surface area contributed by atoms with Crippen LogP contribution in [0.5, 0.6) is 11.5 Å². The van der Waals surface area contributed by atoms with Gasteiger partial charge in [0.05, 0.1) is 22.4 Å². The molecule has 3 N–H and O–H groups in total. The summed E-state index contributed by atoms with van der Waals surface area (Å²) in [4.78, 5) is 18.5. The third kappa shape index (κ3) is 4.83. The molecule has 10 heteroatoms. The molecule has 2 atom stereocenters. The van der Waals surface area contributed by atoms with Crippen LogP contribution < -0.4 is 15.2 Å². The Morgan fingerprint density at radius 2 is 2.05 bits per heavy atom. The zero-order chi connectivity index (χ0) is 29.4. The minimum atomic E-state index is -1.37. The predicted octanol–water partition coefficient (Wildman–Crippen LogP) is 5.80. The third-order valence-corrected chi connectivity index (χ3v) is 8.84. The van der Waals surface area contributed by atoms with E-state index in [9.17, 15) is 14.3 Å². The number of halogens is 2. The van der Waals surface area contributed by atoms with Crippen LogP contribution in [-0.2, 0) is 18.2 Å². The number of rotatable bonds is 9. The van der Waals surface area contributed by atoms with Gasteiger partial charge in [0.15, 0.2) is 11.5 Å². The molecular formula is C32H32ClFN4O4. The second kappa shape index (κ2) is 9.76. The SMILES string of the molecule is Cn1cc2cc(C(=O)CC[C@](O)(c3cc4c(c(-c5ccc(F)c(Cl)c5)n3)OC[C@]4(C)N)C3CC3)cc(OC3CC3)c2n1. The molecule has 3 aliphatic rings. The van der Waals surface area contributed by atoms with Crippen LogP contribution >= 0.6 is 11.6 Å². The highest BCUT2D eigenvalue weighted by molar-refractivity contribution is 6.31. The van der Waals surface area contributed by atoms with E-state index in [1.807, 2.05) is 32.3 Å². The molecule has 0 radical (unpaired) electrons. The minimum Gasteiger partial charge on any atom is -0.489 e. The summed E-state index contributed by atoms with van der Waals surface area (Å²) in [5, 5.41) is 17.5. The molecule has 8 nitrogen and oxygen atoms in total. The van der Waals surface area contributed by atoms with E-state index < -0.39 is 17.0 Å². The van der Waals surface area contributed by atoms with Gasteiger partial charge in [0.2, 0.25) is 0 Å². The fraction of sp³-hybridized carbons (Fsp3) is 0.406. The maximum absolute atomic E-state index is 14.0. The molecule has 2 aliphatic carbocycles. The summed E-state index contributed by atoms with van der Waals surface area (Å²) >= 11 is 6.11. The molecule has 42 heavy (non-hydrogen) atoms. The first-order valence-corrected chi connectivity index (χ1v) is 14.7. The first-order valence-electron chi connectivity index (χ1n) is 14.3. The number of pyridine rings is 1. The summed E-state index contributed by atoms with van der Waals surface area (Å²) in [6.45, 7) is 2.09. The van der Waals surface area contributed by atoms with Crippen LogP contribution in [0.2, 0.25) is 5.02 Å². The van der Waals surface area contributed by atoms with Crippen LogP contribution in [0.4, 0.5) is 4.39 Å². The Hall–Kier alpha value is -3.53. The average Bonchev–Trinajstić information content (AvgIpc) is 3.89. The standard InChI is InChI=1S/C32H32ClFN4O4/c1-31(35)16-41-30-22(31)14-27(36-29(30)17-3-8-24(34)23(33)12-17)32(40,20-4-5-20)10-9-25(39)18-11-19-15-38(2)37-28(19)26(13-18)42-21-6-7-21/h3,8,11-15,20-21,40H,4-7,9-10,16,35H2,1-2H3/t31-,32+/m0/s1. The number of aromatic nitrogens is 3. The molecule has 218 valence electrons. The molecule has 2 saturated carbocycles. The fourth-order valence-electron chi connectivity index (χ4n) is 5.85. The van der Waals surface area contributed by atoms with Gasteiger partial charge in [-0.05, 0) is 81.3 Å². The molecule has 0 amide bonds. The fourth-order valence-corrected chi connectivity index (χ4v) is 6.03. The van der Waals surface area contributed by atoms with E-state index in [1.54, 1.807) is 16.8 Å². The number of ketones is 1. The molecule has 7 rings (SSSR count). The van der Waals surface area contributed by atoms with Crippen molar-refractivity contribution >= 4 is 28.3 Å². The summed E-state index contributed by atoms with van der Waals surface area (Å²) in [5.74, 6) is 0.414. The number of fused-ring (bicyclic) bond motifs is 2. The van der Waals surface area contributed by atoms with E-state index in [0.717, 1.165) is 36.6 Å². The number of hydrogen-bond donors (Lipinski definition) is 2. The van der Waals surface area contributed by atoms with E-state index in [-0.39, 0.29) is 42.3 Å². The van der Waals surface area contributed by atoms with Crippen molar-refractivity contribution in [3.8, 4) is 22.8 Å². The number of nitrogens with zero attached hydrogens (tertiary/aromatic N) is 3. The first-order chi connectivity index (χ1) is 20.0. The zero-order valence-corrected chi connectivity index (χ0v) is 24.2. The van der Waals surface area contributed by atoms with Crippen LogP contribution in [0, 0.1) is 11.7 Å². The second-order valence-corrected chi connectivity index (χ2v) is 12.6. The van der Waals surface area contributed by atoms with Crippen molar-refractivity contribution in [1.29, 1.82) is 0 Å². The monoisotopic (exact) mass is 590 g/mol. The number of hydrogen-bond acceptors (Lipinski definition) is 7. The van der Waals surface area contributed by atoms with E-state index in [2.05, 4.69) is 5.10 Å². The molecule has 0 unspecified atom stereocenters. The minimum absolute atomic E-state index is 0.0411. The topological polar surface area (TPSA) is 112 Å². The Labute approximate surface area is 247 Å². The smallest absolute Gasteiger partial charge is 0.163 e. The van der Waals surface area contributed by atoms with E-state index >= 15 is 0 Å². The normalized spacial score (nSPS) is 21.2. The van der Waals surface area contributed by atoms with Crippen molar-refractivity contribution in [1.82, 2.24) is 14.8 Å². The Bertz CT molecular complexity index is 1750. The molecule has 4 aromatic rings. The Morgan fingerprint density at radius 1 is 1.26 bits per heavy atom. The maximum Gasteiger partial charge on any atom is 0.163 e. The van der Waals surface area contributed by atoms with E-state index in [4.69, 9.17) is 31.8 Å². The summed E-state index contributed by atoms with van der Waals surface area (Å²) < 4.78 is 27.8. The lowest BCUT2D eigenvalue weighted by molar-refractivity contribution is -0.00116. The van der Waals surface area contributed by atoms with Gasteiger partial charge in [-0.25, -0.2) is 9.37 Å². The largest absolute Gasteiger partial charge is 0.489 e. The zero-order valence-electron chi connectivity index (χ0n) is 23.5. The predicted molar refractivity (Wildman–Crippen MR) is 156 cm³/mol. The number of Topliss-reactive ketones (excluding diaryl/α,β-unsaturated/α-hetero) is 1. The molecule has 3 heterocycles. The lowest BCUT2D eigenvalue weighted by Gasteiger charge is -2.29. The summed E-state index contributed by atoms with van der Waals surface area (Å²) in [6, 6.07) is 9.77. The van der Waals surface area contributed by atoms with Gasteiger partial charge in [-0.1, -0.05) is 11.6 Å². The van der Waals surface area contributed by atoms with Crippen LogP contribution in [0.3, 0.4) is 0 Å². The second-order valence-electron chi connectivity index (χ2n) is 12.2. The molecule has 0 spiro atoms. The van der Waals surface area contributed by atoms with Gasteiger partial charge in [0.25, 0.3) is 0 Å². The van der Waals surface area contributed by atoms with Gasteiger partial charge in [0, 0.05) is 41.7 Å².